The second-order valence-electron chi connectivity index (χ2n) is 4.77. The molecule has 0 radical (unpaired) electrons. The minimum absolute atomic E-state index is 0.257. The van der Waals surface area contributed by atoms with Crippen LogP contribution in [0.4, 0.5) is 0 Å². The summed E-state index contributed by atoms with van der Waals surface area (Å²) in [5, 5.41) is 9.08. The lowest BCUT2D eigenvalue weighted by Gasteiger charge is -2.37. The standard InChI is InChI=1S/C11H16N2O/c1-13-4-2-3-9(13)5-11(8-12)6-10(14)7-11/h9H,2-7H2,1H3. The number of nitriles is 1. The van der Waals surface area contributed by atoms with Crippen LogP contribution >= 0.6 is 0 Å². The molecule has 2 rings (SSSR count). The molecular weight excluding hydrogens is 176 g/mol. The Balaban J connectivity index is 1.96. The normalized spacial score (nSPS) is 31.1. The Bertz CT molecular complexity index is 284. The van der Waals surface area contributed by atoms with Gasteiger partial charge in [-0.05, 0) is 32.9 Å². The second-order valence-corrected chi connectivity index (χ2v) is 4.77. The summed E-state index contributed by atoms with van der Waals surface area (Å²) in [5.74, 6) is 0.257. The average Bonchev–Trinajstić information content (AvgIpc) is 2.48. The summed E-state index contributed by atoms with van der Waals surface area (Å²) in [6.45, 7) is 1.14. The molecule has 1 saturated carbocycles. The fourth-order valence-electron chi connectivity index (χ4n) is 2.66. The van der Waals surface area contributed by atoms with Crippen molar-refractivity contribution in [2.45, 2.75) is 38.1 Å². The number of hydrogen-bond acceptors (Lipinski definition) is 3. The van der Waals surface area contributed by atoms with Crippen molar-refractivity contribution in [2.75, 3.05) is 13.6 Å². The lowest BCUT2D eigenvalue weighted by Crippen LogP contribution is -2.41. The molecule has 1 heterocycles. The minimum atomic E-state index is -0.305. The van der Waals surface area contributed by atoms with Gasteiger partial charge in [0.25, 0.3) is 0 Å². The zero-order valence-corrected chi connectivity index (χ0v) is 8.62. The number of likely N-dealkylation sites (tertiary alicyclic amines) is 1. The Hall–Kier alpha value is -0.880. The molecule has 0 spiro atoms. The van der Waals surface area contributed by atoms with Crippen LogP contribution in [0.5, 0.6) is 0 Å². The van der Waals surface area contributed by atoms with Crippen LogP contribution < -0.4 is 0 Å². The van der Waals surface area contributed by atoms with Crippen LogP contribution in [0, 0.1) is 16.7 Å². The highest BCUT2D eigenvalue weighted by Crippen LogP contribution is 2.43. The molecule has 3 nitrogen and oxygen atoms in total. The van der Waals surface area contributed by atoms with E-state index >= 15 is 0 Å². The van der Waals surface area contributed by atoms with E-state index < -0.39 is 0 Å². The van der Waals surface area contributed by atoms with Gasteiger partial charge in [0.1, 0.15) is 5.78 Å². The van der Waals surface area contributed by atoms with Crippen LogP contribution in [-0.4, -0.2) is 30.3 Å². The largest absolute Gasteiger partial charge is 0.303 e. The third-order valence-electron chi connectivity index (χ3n) is 3.61. The van der Waals surface area contributed by atoms with E-state index in [2.05, 4.69) is 18.0 Å². The first kappa shape index (κ1) is 9.67. The fraction of sp³-hybridized carbons (Fsp3) is 0.818. The molecule has 0 N–H and O–H groups in total. The molecule has 0 aromatic rings. The Labute approximate surface area is 84.7 Å². The predicted molar refractivity (Wildman–Crippen MR) is 52.6 cm³/mol. The SMILES string of the molecule is CN1CCCC1CC1(C#N)CC(=O)C1. The molecule has 1 atom stereocenters. The molecule has 3 heteroatoms. The van der Waals surface area contributed by atoms with Crippen LogP contribution in [0.3, 0.4) is 0 Å². The highest BCUT2D eigenvalue weighted by Gasteiger charge is 2.46. The smallest absolute Gasteiger partial charge is 0.136 e. The lowest BCUT2D eigenvalue weighted by molar-refractivity contribution is -0.130. The van der Waals surface area contributed by atoms with Gasteiger partial charge in [-0.2, -0.15) is 5.26 Å². The van der Waals surface area contributed by atoms with Gasteiger partial charge in [-0.3, -0.25) is 4.79 Å². The zero-order valence-electron chi connectivity index (χ0n) is 8.62. The topological polar surface area (TPSA) is 44.1 Å². The first-order valence-electron chi connectivity index (χ1n) is 5.28. The van der Waals surface area contributed by atoms with Gasteiger partial charge in [-0.1, -0.05) is 0 Å². The maximum atomic E-state index is 11.0. The number of rotatable bonds is 2. The van der Waals surface area contributed by atoms with Gasteiger partial charge in [-0.15, -0.1) is 0 Å². The minimum Gasteiger partial charge on any atom is -0.303 e. The Morgan fingerprint density at radius 1 is 1.64 bits per heavy atom. The van der Waals surface area contributed by atoms with Crippen LogP contribution in [0.15, 0.2) is 0 Å². The van der Waals surface area contributed by atoms with Crippen molar-refractivity contribution in [2.24, 2.45) is 5.41 Å². The molecule has 1 unspecified atom stereocenters. The predicted octanol–water partition coefficient (Wildman–Crippen LogP) is 1.34. The molecule has 0 aromatic heterocycles. The molecule has 1 saturated heterocycles. The van der Waals surface area contributed by atoms with Gasteiger partial charge in [0.2, 0.25) is 0 Å². The molecule has 1 aliphatic carbocycles. The average molecular weight is 192 g/mol. The van der Waals surface area contributed by atoms with E-state index in [4.69, 9.17) is 5.26 Å². The number of Topliss-reactive ketones (excluding diaryl/α,β-unsaturated/α-hetero) is 1. The summed E-state index contributed by atoms with van der Waals surface area (Å²) >= 11 is 0. The van der Waals surface area contributed by atoms with E-state index in [0.717, 1.165) is 13.0 Å². The number of carbonyl (C=O) groups excluding carboxylic acids is 1. The van der Waals surface area contributed by atoms with Crippen LogP contribution in [0.25, 0.3) is 0 Å². The van der Waals surface area contributed by atoms with Crippen molar-refractivity contribution in [3.05, 3.63) is 0 Å². The van der Waals surface area contributed by atoms with Crippen molar-refractivity contribution in [1.29, 1.82) is 5.26 Å². The van der Waals surface area contributed by atoms with E-state index in [1.807, 2.05) is 0 Å². The summed E-state index contributed by atoms with van der Waals surface area (Å²) in [4.78, 5) is 13.3. The second kappa shape index (κ2) is 3.36. The molecule has 1 aliphatic heterocycles. The van der Waals surface area contributed by atoms with E-state index in [9.17, 15) is 4.79 Å². The van der Waals surface area contributed by atoms with Crippen LogP contribution in [0.1, 0.15) is 32.1 Å². The quantitative estimate of drug-likeness (QED) is 0.663. The zero-order chi connectivity index (χ0) is 10.2. The maximum absolute atomic E-state index is 11.0. The van der Waals surface area contributed by atoms with Gasteiger partial charge >= 0.3 is 0 Å². The van der Waals surface area contributed by atoms with Gasteiger partial charge in [0, 0.05) is 18.9 Å². The lowest BCUT2D eigenvalue weighted by atomic mass is 9.65. The molecule has 2 fully saturated rings. The van der Waals surface area contributed by atoms with Gasteiger partial charge in [-0.25, -0.2) is 0 Å². The van der Waals surface area contributed by atoms with Crippen LogP contribution in [-0.2, 0) is 4.79 Å². The van der Waals surface area contributed by atoms with Crippen molar-refractivity contribution in [1.82, 2.24) is 4.90 Å². The number of nitrogens with zero attached hydrogens (tertiary/aromatic N) is 2. The van der Waals surface area contributed by atoms with E-state index in [0.29, 0.717) is 18.9 Å². The summed E-state index contributed by atoms with van der Waals surface area (Å²) < 4.78 is 0. The number of hydrogen-bond donors (Lipinski definition) is 0. The molecule has 0 aromatic carbocycles. The molecular formula is C11H16N2O. The Kier molecular flexibility index (Phi) is 2.32. The first-order valence-corrected chi connectivity index (χ1v) is 5.28. The molecule has 76 valence electrons. The molecule has 0 amide bonds. The van der Waals surface area contributed by atoms with Crippen molar-refractivity contribution in [3.8, 4) is 6.07 Å². The van der Waals surface area contributed by atoms with Gasteiger partial charge < -0.3 is 4.90 Å². The summed E-state index contributed by atoms with van der Waals surface area (Å²) in [6.07, 6.45) is 4.30. The van der Waals surface area contributed by atoms with E-state index in [1.54, 1.807) is 0 Å². The highest BCUT2D eigenvalue weighted by atomic mass is 16.1. The van der Waals surface area contributed by atoms with Crippen molar-refractivity contribution < 1.29 is 4.79 Å². The fourth-order valence-corrected chi connectivity index (χ4v) is 2.66. The van der Waals surface area contributed by atoms with Crippen molar-refractivity contribution >= 4 is 5.78 Å². The Morgan fingerprint density at radius 3 is 2.79 bits per heavy atom. The first-order chi connectivity index (χ1) is 6.65. The number of ketones is 1. The van der Waals surface area contributed by atoms with Gasteiger partial charge in [0.05, 0.1) is 11.5 Å². The maximum Gasteiger partial charge on any atom is 0.136 e. The highest BCUT2D eigenvalue weighted by molar-refractivity contribution is 5.87. The summed E-state index contributed by atoms with van der Waals surface area (Å²) in [5.41, 5.74) is -0.305. The van der Waals surface area contributed by atoms with Crippen LogP contribution in [0.2, 0.25) is 0 Å². The third kappa shape index (κ3) is 1.55. The monoisotopic (exact) mass is 192 g/mol. The van der Waals surface area contributed by atoms with Gasteiger partial charge in [0.15, 0.2) is 0 Å². The molecule has 2 aliphatic rings. The molecule has 0 bridgehead atoms. The summed E-state index contributed by atoms with van der Waals surface area (Å²) in [7, 11) is 2.11. The summed E-state index contributed by atoms with van der Waals surface area (Å²) in [6, 6.07) is 2.88. The van der Waals surface area contributed by atoms with E-state index in [1.165, 1.54) is 12.8 Å². The third-order valence-corrected chi connectivity index (χ3v) is 3.61. The number of carbonyl (C=O) groups is 1. The molecule has 14 heavy (non-hydrogen) atoms. The Morgan fingerprint density at radius 2 is 2.36 bits per heavy atom. The van der Waals surface area contributed by atoms with E-state index in [-0.39, 0.29) is 11.2 Å². The van der Waals surface area contributed by atoms with Crippen molar-refractivity contribution in [3.63, 3.8) is 0 Å².